The van der Waals surface area contributed by atoms with Crippen LogP contribution < -0.4 is 4.72 Å². The van der Waals surface area contributed by atoms with Gasteiger partial charge in [-0.15, -0.1) is 0 Å². The zero-order valence-electron chi connectivity index (χ0n) is 4.87. The number of hydrogen-bond acceptors (Lipinski definition) is 2. The molecule has 0 aromatic rings. The van der Waals surface area contributed by atoms with E-state index >= 15 is 0 Å². The van der Waals surface area contributed by atoms with Crippen molar-refractivity contribution >= 4 is 11.3 Å². The lowest BCUT2D eigenvalue weighted by Crippen LogP contribution is -2.20. The second kappa shape index (κ2) is 5.74. The van der Waals surface area contributed by atoms with Gasteiger partial charge in [0.1, 0.15) is 6.61 Å². The van der Waals surface area contributed by atoms with Crippen LogP contribution in [0.5, 0.6) is 0 Å². The van der Waals surface area contributed by atoms with Crippen molar-refractivity contribution in [1.82, 2.24) is 4.72 Å². The van der Waals surface area contributed by atoms with Crippen LogP contribution in [-0.4, -0.2) is 21.9 Å². The molecular formula is C4H9NO3S. The molecule has 2 N–H and O–H groups in total. The highest BCUT2D eigenvalue weighted by Gasteiger charge is 1.87. The summed E-state index contributed by atoms with van der Waals surface area (Å²) in [5.74, 6) is 0. The lowest BCUT2D eigenvalue weighted by molar-refractivity contribution is 0.256. The summed E-state index contributed by atoms with van der Waals surface area (Å²) in [5, 5.41) is 0. The molecule has 0 bridgehead atoms. The molecule has 54 valence electrons. The van der Waals surface area contributed by atoms with Gasteiger partial charge in [0.15, 0.2) is 0 Å². The van der Waals surface area contributed by atoms with E-state index in [4.69, 9.17) is 4.55 Å². The van der Waals surface area contributed by atoms with E-state index in [0.29, 0.717) is 13.2 Å². The zero-order valence-corrected chi connectivity index (χ0v) is 5.69. The van der Waals surface area contributed by atoms with Crippen LogP contribution in [0.3, 0.4) is 0 Å². The highest BCUT2D eigenvalue weighted by Crippen LogP contribution is 1.71. The summed E-state index contributed by atoms with van der Waals surface area (Å²) in [6.07, 6.45) is 1.28. The van der Waals surface area contributed by atoms with Crippen molar-refractivity contribution in [2.45, 2.75) is 0 Å². The minimum Gasteiger partial charge on any atom is -0.500 e. The van der Waals surface area contributed by atoms with Crippen LogP contribution in [0.2, 0.25) is 0 Å². The van der Waals surface area contributed by atoms with E-state index in [9.17, 15) is 4.21 Å². The molecular weight excluding hydrogens is 142 g/mol. The predicted molar refractivity (Wildman–Crippen MR) is 34.9 cm³/mol. The first-order chi connectivity index (χ1) is 4.27. The molecule has 0 heterocycles. The minimum absolute atomic E-state index is 0.342. The van der Waals surface area contributed by atoms with Crippen LogP contribution in [-0.2, 0) is 16.0 Å². The van der Waals surface area contributed by atoms with Gasteiger partial charge in [0, 0.05) is 6.54 Å². The van der Waals surface area contributed by atoms with Crippen LogP contribution in [0.4, 0.5) is 0 Å². The first-order valence-corrected chi connectivity index (χ1v) is 3.45. The van der Waals surface area contributed by atoms with E-state index in [-0.39, 0.29) is 0 Å². The SMILES string of the molecule is C=COCCNS(=O)O. The Balaban J connectivity index is 2.91. The molecule has 0 rings (SSSR count). The fourth-order valence-corrected chi connectivity index (χ4v) is 0.529. The maximum atomic E-state index is 9.88. The maximum Gasteiger partial charge on any atom is 0.231 e. The van der Waals surface area contributed by atoms with Crippen molar-refractivity contribution < 1.29 is 13.5 Å². The molecule has 0 spiro atoms. The Morgan fingerprint density at radius 3 is 3.00 bits per heavy atom. The monoisotopic (exact) mass is 151 g/mol. The molecule has 9 heavy (non-hydrogen) atoms. The van der Waals surface area contributed by atoms with Gasteiger partial charge >= 0.3 is 0 Å². The Hall–Kier alpha value is -0.390. The number of ether oxygens (including phenoxy) is 1. The van der Waals surface area contributed by atoms with E-state index in [1.165, 1.54) is 6.26 Å². The molecule has 0 aromatic heterocycles. The molecule has 1 unspecified atom stereocenters. The molecule has 0 radical (unpaired) electrons. The molecule has 0 aromatic carbocycles. The first-order valence-electron chi connectivity index (χ1n) is 2.34. The van der Waals surface area contributed by atoms with Gasteiger partial charge in [0.25, 0.3) is 0 Å². The average molecular weight is 151 g/mol. The summed E-state index contributed by atoms with van der Waals surface area (Å²) in [5.41, 5.74) is 0. The zero-order chi connectivity index (χ0) is 7.11. The fourth-order valence-electron chi connectivity index (χ4n) is 0.271. The summed E-state index contributed by atoms with van der Waals surface area (Å²) < 4.78 is 24.9. The number of rotatable bonds is 5. The van der Waals surface area contributed by atoms with Gasteiger partial charge in [-0.25, -0.2) is 8.93 Å². The molecule has 1 atom stereocenters. The molecule has 5 heteroatoms. The summed E-state index contributed by atoms with van der Waals surface area (Å²) in [6, 6.07) is 0. The topological polar surface area (TPSA) is 58.6 Å². The van der Waals surface area contributed by atoms with Gasteiger partial charge in [-0.1, -0.05) is 6.58 Å². The van der Waals surface area contributed by atoms with Gasteiger partial charge in [0.2, 0.25) is 11.3 Å². The third kappa shape index (κ3) is 7.61. The van der Waals surface area contributed by atoms with Crippen molar-refractivity contribution in [1.29, 1.82) is 0 Å². The lowest BCUT2D eigenvalue weighted by atomic mass is 10.7. The molecule has 0 aliphatic rings. The Morgan fingerprint density at radius 2 is 2.56 bits per heavy atom. The lowest BCUT2D eigenvalue weighted by Gasteiger charge is -1.97. The quantitative estimate of drug-likeness (QED) is 0.327. The van der Waals surface area contributed by atoms with Crippen LogP contribution in [0, 0.1) is 0 Å². The van der Waals surface area contributed by atoms with Crippen molar-refractivity contribution in [3.63, 3.8) is 0 Å². The standard InChI is InChI=1S/C4H9NO3S/c1-2-8-4-3-5-9(6)7/h2,5H,1,3-4H2,(H,6,7). The number of nitrogens with one attached hydrogen (secondary N) is 1. The van der Waals surface area contributed by atoms with Gasteiger partial charge in [-0.05, 0) is 0 Å². The molecule has 0 aliphatic heterocycles. The molecule has 0 aliphatic carbocycles. The Kier molecular flexibility index (Phi) is 5.49. The highest BCUT2D eigenvalue weighted by molar-refractivity contribution is 7.77. The smallest absolute Gasteiger partial charge is 0.231 e. The average Bonchev–Trinajstić information content (AvgIpc) is 1.80. The second-order valence-corrected chi connectivity index (χ2v) is 1.97. The van der Waals surface area contributed by atoms with Crippen LogP contribution >= 0.6 is 0 Å². The molecule has 0 saturated heterocycles. The predicted octanol–water partition coefficient (Wildman–Crippen LogP) is -0.127. The van der Waals surface area contributed by atoms with Gasteiger partial charge in [-0.3, -0.25) is 4.55 Å². The summed E-state index contributed by atoms with van der Waals surface area (Å²) in [7, 11) is 0. The summed E-state index contributed by atoms with van der Waals surface area (Å²) in [4.78, 5) is 0. The first kappa shape index (κ1) is 8.61. The Bertz CT molecular complexity index is 106. The van der Waals surface area contributed by atoms with Crippen molar-refractivity contribution in [2.24, 2.45) is 0 Å². The van der Waals surface area contributed by atoms with E-state index < -0.39 is 11.3 Å². The normalized spacial score (nSPS) is 12.6. The van der Waals surface area contributed by atoms with Gasteiger partial charge in [-0.2, -0.15) is 0 Å². The molecule has 4 nitrogen and oxygen atoms in total. The minimum atomic E-state index is -1.93. The van der Waals surface area contributed by atoms with Crippen molar-refractivity contribution in [3.8, 4) is 0 Å². The van der Waals surface area contributed by atoms with E-state index in [0.717, 1.165) is 0 Å². The molecule has 0 fully saturated rings. The third-order valence-electron chi connectivity index (χ3n) is 0.563. The van der Waals surface area contributed by atoms with Gasteiger partial charge < -0.3 is 4.74 Å². The van der Waals surface area contributed by atoms with Crippen LogP contribution in [0.15, 0.2) is 12.8 Å². The van der Waals surface area contributed by atoms with E-state index in [2.05, 4.69) is 16.0 Å². The van der Waals surface area contributed by atoms with Crippen LogP contribution in [0.25, 0.3) is 0 Å². The molecule has 0 saturated carbocycles. The number of hydrogen-bond donors (Lipinski definition) is 2. The Labute approximate surface area is 56.3 Å². The highest BCUT2D eigenvalue weighted by atomic mass is 32.2. The van der Waals surface area contributed by atoms with Crippen molar-refractivity contribution in [3.05, 3.63) is 12.8 Å². The summed E-state index contributed by atoms with van der Waals surface area (Å²) in [6.45, 7) is 3.99. The largest absolute Gasteiger partial charge is 0.500 e. The second-order valence-electron chi connectivity index (χ2n) is 1.18. The maximum absolute atomic E-state index is 9.88. The molecule has 0 amide bonds. The van der Waals surface area contributed by atoms with E-state index in [1.807, 2.05) is 0 Å². The third-order valence-corrected chi connectivity index (χ3v) is 1.01. The van der Waals surface area contributed by atoms with Crippen molar-refractivity contribution in [2.75, 3.05) is 13.2 Å². The van der Waals surface area contributed by atoms with E-state index in [1.54, 1.807) is 0 Å². The summed E-state index contributed by atoms with van der Waals surface area (Å²) >= 11 is -1.93. The Morgan fingerprint density at radius 1 is 1.89 bits per heavy atom. The van der Waals surface area contributed by atoms with Gasteiger partial charge in [0.05, 0.1) is 6.26 Å². The van der Waals surface area contributed by atoms with Crippen LogP contribution in [0.1, 0.15) is 0 Å². The fraction of sp³-hybridized carbons (Fsp3) is 0.500.